The summed E-state index contributed by atoms with van der Waals surface area (Å²) in [5, 5.41) is 3.20. The first kappa shape index (κ1) is 9.85. The van der Waals surface area contributed by atoms with Crippen LogP contribution in [0, 0.1) is 0 Å². The molecule has 0 heterocycles. The summed E-state index contributed by atoms with van der Waals surface area (Å²) in [6, 6.07) is 8.53. The molecule has 1 aromatic rings. The highest BCUT2D eigenvalue weighted by atomic mass is 14.9. The lowest BCUT2D eigenvalue weighted by molar-refractivity contribution is 0.942. The van der Waals surface area contributed by atoms with Gasteiger partial charge in [0.25, 0.3) is 0 Å². The van der Waals surface area contributed by atoms with Crippen molar-refractivity contribution < 1.29 is 0 Å². The average Bonchev–Trinajstić information content (AvgIpc) is 2.18. The Balaban J connectivity index is 2.74. The van der Waals surface area contributed by atoms with Crippen molar-refractivity contribution >= 4 is 5.70 Å². The monoisotopic (exact) mass is 175 g/mol. The van der Waals surface area contributed by atoms with E-state index >= 15 is 0 Å². The van der Waals surface area contributed by atoms with Crippen molar-refractivity contribution in [2.24, 2.45) is 0 Å². The van der Waals surface area contributed by atoms with Crippen molar-refractivity contribution in [2.75, 3.05) is 6.54 Å². The molecule has 0 aromatic heterocycles. The Morgan fingerprint density at radius 3 is 2.31 bits per heavy atom. The summed E-state index contributed by atoms with van der Waals surface area (Å²) < 4.78 is 0. The second-order valence-electron chi connectivity index (χ2n) is 3.06. The minimum Gasteiger partial charge on any atom is -0.385 e. The summed E-state index contributed by atoms with van der Waals surface area (Å²) >= 11 is 0. The Labute approximate surface area is 80.5 Å². The molecule has 0 fully saturated rings. The molecule has 0 unspecified atom stereocenters. The van der Waals surface area contributed by atoms with Gasteiger partial charge >= 0.3 is 0 Å². The van der Waals surface area contributed by atoms with Gasteiger partial charge in [-0.3, -0.25) is 0 Å². The van der Waals surface area contributed by atoms with E-state index in [4.69, 9.17) is 0 Å². The highest BCUT2D eigenvalue weighted by molar-refractivity contribution is 5.61. The first-order valence-electron chi connectivity index (χ1n) is 4.80. The Kier molecular flexibility index (Phi) is 3.56. The summed E-state index contributed by atoms with van der Waals surface area (Å²) in [6.07, 6.45) is 1.09. The van der Waals surface area contributed by atoms with Crippen molar-refractivity contribution in [1.29, 1.82) is 0 Å². The van der Waals surface area contributed by atoms with Crippen LogP contribution in [0.3, 0.4) is 0 Å². The summed E-state index contributed by atoms with van der Waals surface area (Å²) in [6.45, 7) is 9.12. The Morgan fingerprint density at radius 2 is 1.85 bits per heavy atom. The van der Waals surface area contributed by atoms with E-state index in [2.05, 4.69) is 50.0 Å². The molecule has 0 radical (unpaired) electrons. The molecule has 13 heavy (non-hydrogen) atoms. The van der Waals surface area contributed by atoms with Gasteiger partial charge in [0, 0.05) is 12.2 Å². The smallest absolute Gasteiger partial charge is 0.0340 e. The van der Waals surface area contributed by atoms with Crippen LogP contribution >= 0.6 is 0 Å². The van der Waals surface area contributed by atoms with E-state index in [1.165, 1.54) is 11.1 Å². The fraction of sp³-hybridized carbons (Fsp3) is 0.333. The highest BCUT2D eigenvalue weighted by Gasteiger charge is 1.96. The second kappa shape index (κ2) is 4.70. The largest absolute Gasteiger partial charge is 0.385 e. The van der Waals surface area contributed by atoms with Crippen LogP contribution in [0.2, 0.25) is 0 Å². The molecule has 70 valence electrons. The number of aryl methyl sites for hydroxylation is 1. The molecular formula is C12H17N. The molecule has 0 saturated heterocycles. The molecule has 0 aliphatic heterocycles. The van der Waals surface area contributed by atoms with Gasteiger partial charge in [-0.25, -0.2) is 0 Å². The average molecular weight is 175 g/mol. The lowest BCUT2D eigenvalue weighted by atomic mass is 10.1. The van der Waals surface area contributed by atoms with Crippen LogP contribution in [0.25, 0.3) is 5.70 Å². The number of hydrogen-bond acceptors (Lipinski definition) is 1. The van der Waals surface area contributed by atoms with Gasteiger partial charge in [-0.1, -0.05) is 37.8 Å². The molecule has 0 amide bonds. The van der Waals surface area contributed by atoms with Crippen LogP contribution in [-0.4, -0.2) is 6.54 Å². The third kappa shape index (κ3) is 2.62. The summed E-state index contributed by atoms with van der Waals surface area (Å²) in [4.78, 5) is 0. The first-order valence-corrected chi connectivity index (χ1v) is 4.80. The van der Waals surface area contributed by atoms with Crippen molar-refractivity contribution in [3.63, 3.8) is 0 Å². The minimum absolute atomic E-state index is 0.925. The van der Waals surface area contributed by atoms with Gasteiger partial charge in [0.15, 0.2) is 0 Å². The summed E-state index contributed by atoms with van der Waals surface area (Å²) in [5.74, 6) is 0. The second-order valence-corrected chi connectivity index (χ2v) is 3.06. The number of rotatable bonds is 4. The van der Waals surface area contributed by atoms with Crippen LogP contribution in [0.15, 0.2) is 30.8 Å². The first-order chi connectivity index (χ1) is 6.27. The molecule has 1 rings (SSSR count). The maximum atomic E-state index is 3.96. The van der Waals surface area contributed by atoms with Crippen molar-refractivity contribution in [1.82, 2.24) is 5.32 Å². The predicted molar refractivity (Wildman–Crippen MR) is 58.5 cm³/mol. The van der Waals surface area contributed by atoms with Crippen LogP contribution in [0.1, 0.15) is 25.0 Å². The van der Waals surface area contributed by atoms with Crippen LogP contribution in [0.4, 0.5) is 0 Å². The van der Waals surface area contributed by atoms with E-state index in [0.717, 1.165) is 18.7 Å². The predicted octanol–water partition coefficient (Wildman–Crippen LogP) is 2.83. The molecule has 0 saturated carbocycles. The fourth-order valence-corrected chi connectivity index (χ4v) is 1.26. The molecule has 0 atom stereocenters. The SMILES string of the molecule is C=C(NCC)c1ccc(CC)cc1. The lowest BCUT2D eigenvalue weighted by Crippen LogP contribution is -2.09. The van der Waals surface area contributed by atoms with Crippen molar-refractivity contribution in [3.05, 3.63) is 42.0 Å². The van der Waals surface area contributed by atoms with Crippen LogP contribution in [-0.2, 0) is 6.42 Å². The van der Waals surface area contributed by atoms with Gasteiger partial charge in [0.1, 0.15) is 0 Å². The Morgan fingerprint density at radius 1 is 1.23 bits per heavy atom. The van der Waals surface area contributed by atoms with E-state index in [9.17, 15) is 0 Å². The van der Waals surface area contributed by atoms with E-state index < -0.39 is 0 Å². The lowest BCUT2D eigenvalue weighted by Gasteiger charge is -2.07. The number of benzene rings is 1. The molecule has 0 bridgehead atoms. The third-order valence-corrected chi connectivity index (χ3v) is 2.10. The maximum Gasteiger partial charge on any atom is 0.0340 e. The minimum atomic E-state index is 0.925. The van der Waals surface area contributed by atoms with Crippen LogP contribution < -0.4 is 5.32 Å². The third-order valence-electron chi connectivity index (χ3n) is 2.10. The Bertz CT molecular complexity index is 272. The van der Waals surface area contributed by atoms with Gasteiger partial charge in [0.2, 0.25) is 0 Å². The molecule has 1 heteroatoms. The Hall–Kier alpha value is -1.24. The van der Waals surface area contributed by atoms with E-state index in [0.29, 0.717) is 0 Å². The molecule has 0 aliphatic carbocycles. The molecular weight excluding hydrogens is 158 g/mol. The summed E-state index contributed by atoms with van der Waals surface area (Å²) in [7, 11) is 0. The van der Waals surface area contributed by atoms with Crippen molar-refractivity contribution in [2.45, 2.75) is 20.3 Å². The zero-order valence-electron chi connectivity index (χ0n) is 8.43. The fourth-order valence-electron chi connectivity index (χ4n) is 1.26. The quantitative estimate of drug-likeness (QED) is 0.742. The molecule has 1 aromatic carbocycles. The van der Waals surface area contributed by atoms with Crippen LogP contribution in [0.5, 0.6) is 0 Å². The zero-order chi connectivity index (χ0) is 9.68. The van der Waals surface area contributed by atoms with Gasteiger partial charge < -0.3 is 5.32 Å². The maximum absolute atomic E-state index is 3.96. The number of hydrogen-bond donors (Lipinski definition) is 1. The van der Waals surface area contributed by atoms with Gasteiger partial charge in [-0.15, -0.1) is 0 Å². The normalized spacial score (nSPS) is 9.69. The van der Waals surface area contributed by atoms with Gasteiger partial charge in [0.05, 0.1) is 0 Å². The molecule has 0 aliphatic rings. The van der Waals surface area contributed by atoms with Gasteiger partial charge in [-0.05, 0) is 24.5 Å². The summed E-state index contributed by atoms with van der Waals surface area (Å²) in [5.41, 5.74) is 3.55. The zero-order valence-corrected chi connectivity index (χ0v) is 8.43. The van der Waals surface area contributed by atoms with E-state index in [1.807, 2.05) is 0 Å². The topological polar surface area (TPSA) is 12.0 Å². The van der Waals surface area contributed by atoms with Crippen molar-refractivity contribution in [3.8, 4) is 0 Å². The number of nitrogens with one attached hydrogen (secondary N) is 1. The van der Waals surface area contributed by atoms with E-state index in [-0.39, 0.29) is 0 Å². The van der Waals surface area contributed by atoms with E-state index in [1.54, 1.807) is 0 Å². The molecule has 1 N–H and O–H groups in total. The molecule has 0 spiro atoms. The molecule has 1 nitrogen and oxygen atoms in total. The highest BCUT2D eigenvalue weighted by Crippen LogP contribution is 2.10. The van der Waals surface area contributed by atoms with Gasteiger partial charge in [-0.2, -0.15) is 0 Å². The standard InChI is InChI=1S/C12H17N/c1-4-11-6-8-12(9-7-11)10(3)13-5-2/h6-9,13H,3-5H2,1-2H3.